The van der Waals surface area contributed by atoms with Crippen LogP contribution in [-0.2, 0) is 22.3 Å². The van der Waals surface area contributed by atoms with Crippen LogP contribution in [0.25, 0.3) is 0 Å². The average molecular weight is 312 g/mol. The number of benzene rings is 1. The molecule has 2 heterocycles. The van der Waals surface area contributed by atoms with Crippen LogP contribution in [0, 0.1) is 6.92 Å². The lowest BCUT2D eigenvalue weighted by molar-refractivity contribution is 0.587. The zero-order valence-electron chi connectivity index (χ0n) is 10.9. The third-order valence-electron chi connectivity index (χ3n) is 3.55. The molecule has 7 heteroatoms. The third kappa shape index (κ3) is 1.91. The predicted octanol–water partition coefficient (Wildman–Crippen LogP) is 2.21. The van der Waals surface area contributed by atoms with E-state index in [1.165, 1.54) is 4.31 Å². The minimum absolute atomic E-state index is 0.0294. The number of sulfonamides is 1. The van der Waals surface area contributed by atoms with Crippen LogP contribution in [0.3, 0.4) is 0 Å². The van der Waals surface area contributed by atoms with E-state index in [0.717, 1.165) is 17.7 Å². The lowest BCUT2D eigenvalue weighted by atomic mass is 10.2. The van der Waals surface area contributed by atoms with Gasteiger partial charge in [0.2, 0.25) is 5.03 Å². The Morgan fingerprint density at radius 2 is 2.15 bits per heavy atom. The number of halogens is 1. The Balaban J connectivity index is 2.10. The monoisotopic (exact) mass is 311 g/mol. The van der Waals surface area contributed by atoms with Crippen molar-refractivity contribution in [2.24, 2.45) is 0 Å². The highest BCUT2D eigenvalue weighted by Gasteiger charge is 2.34. The van der Waals surface area contributed by atoms with Gasteiger partial charge in [0.15, 0.2) is 0 Å². The van der Waals surface area contributed by atoms with Crippen LogP contribution in [0.2, 0.25) is 0 Å². The van der Waals surface area contributed by atoms with E-state index in [1.807, 2.05) is 24.3 Å². The number of nitrogens with one attached hydrogen (secondary N) is 1. The summed E-state index contributed by atoms with van der Waals surface area (Å²) in [5.74, 6) is 0.117. The Morgan fingerprint density at radius 1 is 1.40 bits per heavy atom. The number of aromatic nitrogens is 2. The molecule has 0 spiro atoms. The molecule has 1 N–H and O–H groups in total. The highest BCUT2D eigenvalue weighted by molar-refractivity contribution is 7.92. The molecular weight excluding hydrogens is 298 g/mol. The summed E-state index contributed by atoms with van der Waals surface area (Å²) in [4.78, 5) is 0. The number of hydrogen-bond acceptors (Lipinski definition) is 3. The number of para-hydroxylation sites is 1. The quantitative estimate of drug-likeness (QED) is 0.884. The number of H-pyrrole nitrogens is 1. The smallest absolute Gasteiger partial charge is 0.281 e. The van der Waals surface area contributed by atoms with Crippen molar-refractivity contribution < 1.29 is 8.42 Å². The van der Waals surface area contributed by atoms with Gasteiger partial charge < -0.3 is 0 Å². The number of rotatable bonds is 3. The summed E-state index contributed by atoms with van der Waals surface area (Å²) < 4.78 is 27.0. The van der Waals surface area contributed by atoms with E-state index < -0.39 is 10.0 Å². The number of fused-ring (bicyclic) bond motifs is 1. The summed E-state index contributed by atoms with van der Waals surface area (Å²) in [5, 5.41) is 6.67. The lowest BCUT2D eigenvalue weighted by Gasteiger charge is -2.18. The van der Waals surface area contributed by atoms with Crippen molar-refractivity contribution in [3.63, 3.8) is 0 Å². The van der Waals surface area contributed by atoms with Crippen LogP contribution in [0.15, 0.2) is 29.3 Å². The molecule has 0 aliphatic carbocycles. The highest BCUT2D eigenvalue weighted by Crippen LogP contribution is 2.33. The lowest BCUT2D eigenvalue weighted by Crippen LogP contribution is -2.30. The van der Waals surface area contributed by atoms with Gasteiger partial charge in [-0.2, -0.15) is 13.5 Å². The van der Waals surface area contributed by atoms with E-state index in [2.05, 4.69) is 10.2 Å². The standard InChI is InChI=1S/C13H14ClN3O2S/c1-9-11(8-14)13(16-15-9)20(18,19)17-7-6-10-4-2-3-5-12(10)17/h2-5H,6-8H2,1H3,(H,15,16). The summed E-state index contributed by atoms with van der Waals surface area (Å²) >= 11 is 5.85. The Bertz CT molecular complexity index is 755. The van der Waals surface area contributed by atoms with Crippen molar-refractivity contribution in [3.05, 3.63) is 41.1 Å². The molecular formula is C13H14ClN3O2S. The molecule has 0 radical (unpaired) electrons. The van der Waals surface area contributed by atoms with E-state index in [9.17, 15) is 8.42 Å². The molecule has 1 aliphatic heterocycles. The first-order valence-corrected chi connectivity index (χ1v) is 8.23. The second-order valence-corrected chi connectivity index (χ2v) is 6.77. The molecule has 3 rings (SSSR count). The largest absolute Gasteiger partial charge is 0.284 e. The molecule has 1 aromatic carbocycles. The molecule has 0 amide bonds. The first kappa shape index (κ1) is 13.5. The SMILES string of the molecule is Cc1[nH]nc(S(=O)(=O)N2CCc3ccccc32)c1CCl. The summed E-state index contributed by atoms with van der Waals surface area (Å²) in [6.07, 6.45) is 0.717. The van der Waals surface area contributed by atoms with Gasteiger partial charge in [-0.05, 0) is 25.0 Å². The van der Waals surface area contributed by atoms with Crippen LogP contribution in [0.4, 0.5) is 5.69 Å². The number of alkyl halides is 1. The first-order valence-electron chi connectivity index (χ1n) is 6.26. The number of nitrogens with zero attached hydrogens (tertiary/aromatic N) is 2. The maximum Gasteiger partial charge on any atom is 0.284 e. The third-order valence-corrected chi connectivity index (χ3v) is 5.60. The minimum Gasteiger partial charge on any atom is -0.281 e. The van der Waals surface area contributed by atoms with Crippen molar-refractivity contribution in [2.75, 3.05) is 10.8 Å². The molecule has 5 nitrogen and oxygen atoms in total. The van der Waals surface area contributed by atoms with E-state index in [4.69, 9.17) is 11.6 Å². The van der Waals surface area contributed by atoms with Crippen LogP contribution in [0.1, 0.15) is 16.8 Å². The zero-order chi connectivity index (χ0) is 14.3. The number of aryl methyl sites for hydroxylation is 1. The molecule has 0 bridgehead atoms. The van der Waals surface area contributed by atoms with Crippen molar-refractivity contribution in [1.82, 2.24) is 10.2 Å². The van der Waals surface area contributed by atoms with Crippen molar-refractivity contribution in [2.45, 2.75) is 24.3 Å². The van der Waals surface area contributed by atoms with Crippen LogP contribution in [-0.4, -0.2) is 25.2 Å². The van der Waals surface area contributed by atoms with Gasteiger partial charge in [-0.15, -0.1) is 11.6 Å². The van der Waals surface area contributed by atoms with Gasteiger partial charge in [-0.1, -0.05) is 18.2 Å². The topological polar surface area (TPSA) is 66.1 Å². The molecule has 2 aromatic rings. The summed E-state index contributed by atoms with van der Waals surface area (Å²) in [5.41, 5.74) is 2.99. The second-order valence-electron chi connectivity index (χ2n) is 4.72. The number of aromatic amines is 1. The molecule has 1 aromatic heterocycles. The zero-order valence-corrected chi connectivity index (χ0v) is 12.5. The van der Waals surface area contributed by atoms with Gasteiger partial charge in [0.25, 0.3) is 10.0 Å². The van der Waals surface area contributed by atoms with E-state index in [-0.39, 0.29) is 10.9 Å². The number of hydrogen-bond donors (Lipinski definition) is 1. The highest BCUT2D eigenvalue weighted by atomic mass is 35.5. The van der Waals surface area contributed by atoms with Gasteiger partial charge in [0, 0.05) is 17.8 Å². The predicted molar refractivity (Wildman–Crippen MR) is 77.6 cm³/mol. The fraction of sp³-hybridized carbons (Fsp3) is 0.308. The van der Waals surface area contributed by atoms with Gasteiger partial charge in [-0.25, -0.2) is 0 Å². The fourth-order valence-electron chi connectivity index (χ4n) is 2.46. The Hall–Kier alpha value is -1.53. The molecule has 20 heavy (non-hydrogen) atoms. The normalized spacial score (nSPS) is 14.6. The Labute approximate surface area is 122 Å². The first-order chi connectivity index (χ1) is 9.55. The van der Waals surface area contributed by atoms with Gasteiger partial charge >= 0.3 is 0 Å². The Kier molecular flexibility index (Phi) is 3.22. The molecule has 0 saturated heterocycles. The second kappa shape index (κ2) is 4.79. The van der Waals surface area contributed by atoms with Crippen molar-refractivity contribution >= 4 is 27.3 Å². The van der Waals surface area contributed by atoms with Crippen LogP contribution < -0.4 is 4.31 Å². The van der Waals surface area contributed by atoms with Crippen molar-refractivity contribution in [1.29, 1.82) is 0 Å². The summed E-state index contributed by atoms with van der Waals surface area (Å²) in [7, 11) is -3.67. The molecule has 1 aliphatic rings. The molecule has 0 atom stereocenters. The van der Waals surface area contributed by atoms with E-state index in [1.54, 1.807) is 6.92 Å². The van der Waals surface area contributed by atoms with Crippen LogP contribution in [0.5, 0.6) is 0 Å². The van der Waals surface area contributed by atoms with E-state index >= 15 is 0 Å². The molecule has 106 valence electrons. The van der Waals surface area contributed by atoms with Gasteiger partial charge in [-0.3, -0.25) is 9.40 Å². The number of anilines is 1. The fourth-order valence-corrected chi connectivity index (χ4v) is 4.54. The minimum atomic E-state index is -3.67. The molecule has 0 fully saturated rings. The maximum absolute atomic E-state index is 12.8. The molecule has 0 unspecified atom stereocenters. The summed E-state index contributed by atoms with van der Waals surface area (Å²) in [6, 6.07) is 7.52. The Morgan fingerprint density at radius 3 is 2.90 bits per heavy atom. The maximum atomic E-state index is 12.8. The van der Waals surface area contributed by atoms with E-state index in [0.29, 0.717) is 17.8 Å². The average Bonchev–Trinajstić information content (AvgIpc) is 3.02. The summed E-state index contributed by atoms with van der Waals surface area (Å²) in [6.45, 7) is 2.21. The van der Waals surface area contributed by atoms with Gasteiger partial charge in [0.05, 0.1) is 11.6 Å². The van der Waals surface area contributed by atoms with Crippen molar-refractivity contribution in [3.8, 4) is 0 Å². The van der Waals surface area contributed by atoms with Gasteiger partial charge in [0.1, 0.15) is 0 Å². The molecule has 0 saturated carbocycles. The van der Waals surface area contributed by atoms with Crippen LogP contribution >= 0.6 is 11.6 Å².